The van der Waals surface area contributed by atoms with Crippen LogP contribution < -0.4 is 11.5 Å². The number of primary amides is 1. The Morgan fingerprint density at radius 1 is 1.30 bits per heavy atom. The summed E-state index contributed by atoms with van der Waals surface area (Å²) in [4.78, 5) is 11.0. The summed E-state index contributed by atoms with van der Waals surface area (Å²) in [6.07, 6.45) is -3.56. The van der Waals surface area contributed by atoms with Crippen LogP contribution in [0.4, 0.5) is 23.2 Å². The highest BCUT2D eigenvalue weighted by Gasteiger charge is 2.31. The number of benzene rings is 1. The Morgan fingerprint density at radius 3 is 2.40 bits per heavy atom. The molecule has 0 aliphatic rings. The van der Waals surface area contributed by atoms with Gasteiger partial charge in [-0.05, 0) is 18.2 Å². The molecule has 1 aromatic heterocycles. The summed E-state index contributed by atoms with van der Waals surface area (Å²) in [5, 5.41) is 3.63. The Hall–Kier alpha value is -2.58. The Kier molecular flexibility index (Phi) is 3.12. The second-order valence-corrected chi connectivity index (χ2v) is 3.91. The minimum atomic E-state index is -4.65. The number of halogens is 4. The number of rotatable bonds is 2. The lowest BCUT2D eigenvalue weighted by Gasteiger charge is -2.09. The average Bonchev–Trinajstić information content (AvgIpc) is 2.69. The first-order valence-electron chi connectivity index (χ1n) is 5.22. The summed E-state index contributed by atoms with van der Waals surface area (Å²) >= 11 is 0. The number of anilines is 1. The van der Waals surface area contributed by atoms with E-state index in [1.807, 2.05) is 0 Å². The van der Waals surface area contributed by atoms with Crippen LogP contribution in [0, 0.1) is 5.82 Å². The minimum Gasteiger partial charge on any atom is -0.396 e. The number of alkyl halides is 3. The van der Waals surface area contributed by atoms with E-state index in [1.165, 1.54) is 0 Å². The van der Waals surface area contributed by atoms with Crippen LogP contribution in [0.3, 0.4) is 0 Å². The largest absolute Gasteiger partial charge is 0.416 e. The number of nitrogen functional groups attached to an aromatic ring is 1. The fourth-order valence-corrected chi connectivity index (χ4v) is 1.57. The van der Waals surface area contributed by atoms with Gasteiger partial charge in [0.15, 0.2) is 5.69 Å². The summed E-state index contributed by atoms with van der Waals surface area (Å²) in [6, 6.07) is 1.91. The molecule has 20 heavy (non-hydrogen) atoms. The molecule has 0 aliphatic heterocycles. The molecule has 0 bridgehead atoms. The van der Waals surface area contributed by atoms with Gasteiger partial charge in [-0.3, -0.25) is 4.79 Å². The lowest BCUT2D eigenvalue weighted by atomic mass is 10.2. The fourth-order valence-electron chi connectivity index (χ4n) is 1.57. The molecule has 5 nitrogen and oxygen atoms in total. The number of nitrogens with two attached hydrogens (primary N) is 2. The Labute approximate surface area is 109 Å². The van der Waals surface area contributed by atoms with Gasteiger partial charge in [-0.1, -0.05) is 0 Å². The van der Waals surface area contributed by atoms with Crippen molar-refractivity contribution in [3.05, 3.63) is 41.5 Å². The van der Waals surface area contributed by atoms with Crippen LogP contribution in [-0.2, 0) is 6.18 Å². The average molecular weight is 288 g/mol. The molecule has 0 saturated heterocycles. The summed E-state index contributed by atoms with van der Waals surface area (Å²) < 4.78 is 51.8. The summed E-state index contributed by atoms with van der Waals surface area (Å²) in [6.45, 7) is 0. The number of carbonyl (C=O) groups is 1. The quantitative estimate of drug-likeness (QED) is 0.825. The molecular formula is C11H8F4N4O. The molecule has 9 heteroatoms. The van der Waals surface area contributed by atoms with Crippen LogP contribution in [0.25, 0.3) is 5.69 Å². The second-order valence-electron chi connectivity index (χ2n) is 3.91. The van der Waals surface area contributed by atoms with Crippen LogP contribution in [0.15, 0.2) is 24.4 Å². The SMILES string of the molecule is NC(=O)c1nn(-c2ccc(C(F)(F)F)cc2F)cc1N. The van der Waals surface area contributed by atoms with Crippen molar-refractivity contribution < 1.29 is 22.4 Å². The number of hydrogen-bond acceptors (Lipinski definition) is 3. The molecule has 0 unspecified atom stereocenters. The van der Waals surface area contributed by atoms with Crippen molar-refractivity contribution in [1.82, 2.24) is 9.78 Å². The van der Waals surface area contributed by atoms with Crippen LogP contribution in [0.5, 0.6) is 0 Å². The molecule has 0 fully saturated rings. The molecule has 2 aromatic rings. The zero-order chi connectivity index (χ0) is 15.1. The van der Waals surface area contributed by atoms with Gasteiger partial charge in [0.2, 0.25) is 0 Å². The molecule has 0 spiro atoms. The van der Waals surface area contributed by atoms with Crippen molar-refractivity contribution in [3.8, 4) is 5.69 Å². The van der Waals surface area contributed by atoms with Gasteiger partial charge < -0.3 is 11.5 Å². The van der Waals surface area contributed by atoms with Gasteiger partial charge in [0.05, 0.1) is 17.4 Å². The van der Waals surface area contributed by atoms with Crippen molar-refractivity contribution in [1.29, 1.82) is 0 Å². The van der Waals surface area contributed by atoms with Crippen LogP contribution in [-0.4, -0.2) is 15.7 Å². The van der Waals surface area contributed by atoms with E-state index >= 15 is 0 Å². The zero-order valence-electron chi connectivity index (χ0n) is 9.78. The smallest absolute Gasteiger partial charge is 0.396 e. The van der Waals surface area contributed by atoms with Crippen LogP contribution in [0.1, 0.15) is 16.1 Å². The third-order valence-electron chi connectivity index (χ3n) is 2.50. The molecule has 0 atom stereocenters. The minimum absolute atomic E-state index is 0.100. The lowest BCUT2D eigenvalue weighted by Crippen LogP contribution is -2.14. The number of carbonyl (C=O) groups excluding carboxylic acids is 1. The molecule has 0 saturated carbocycles. The maximum absolute atomic E-state index is 13.7. The van der Waals surface area contributed by atoms with E-state index in [2.05, 4.69) is 5.10 Å². The summed E-state index contributed by atoms with van der Waals surface area (Å²) in [7, 11) is 0. The Balaban J connectivity index is 2.49. The standard InChI is InChI=1S/C11H8F4N4O/c12-6-3-5(11(13,14)15)1-2-8(6)19-4-7(16)9(18-19)10(17)20/h1-4H,16H2,(H2,17,20). The van der Waals surface area contributed by atoms with Gasteiger partial charge in [-0.2, -0.15) is 18.3 Å². The molecule has 2 rings (SSSR count). The van der Waals surface area contributed by atoms with Crippen molar-refractivity contribution in [2.24, 2.45) is 5.73 Å². The maximum Gasteiger partial charge on any atom is 0.416 e. The third kappa shape index (κ3) is 2.42. The van der Waals surface area contributed by atoms with E-state index in [4.69, 9.17) is 11.5 Å². The third-order valence-corrected chi connectivity index (χ3v) is 2.50. The molecule has 4 N–H and O–H groups in total. The fraction of sp³-hybridized carbons (Fsp3) is 0.0909. The van der Waals surface area contributed by atoms with Crippen LogP contribution >= 0.6 is 0 Å². The van der Waals surface area contributed by atoms with Crippen molar-refractivity contribution in [3.63, 3.8) is 0 Å². The van der Waals surface area contributed by atoms with E-state index in [0.717, 1.165) is 16.9 Å². The predicted octanol–water partition coefficient (Wildman–Crippen LogP) is 1.71. The molecule has 1 heterocycles. The first-order valence-corrected chi connectivity index (χ1v) is 5.22. The van der Waals surface area contributed by atoms with Gasteiger partial charge in [-0.25, -0.2) is 9.07 Å². The summed E-state index contributed by atoms with van der Waals surface area (Å²) in [5.41, 5.74) is 8.63. The molecular weight excluding hydrogens is 280 g/mol. The maximum atomic E-state index is 13.7. The van der Waals surface area contributed by atoms with Gasteiger partial charge in [0.25, 0.3) is 5.91 Å². The van der Waals surface area contributed by atoms with Crippen LogP contribution in [0.2, 0.25) is 0 Å². The van der Waals surface area contributed by atoms with E-state index in [-0.39, 0.29) is 17.1 Å². The van der Waals surface area contributed by atoms with Gasteiger partial charge in [0.1, 0.15) is 11.5 Å². The van der Waals surface area contributed by atoms with E-state index in [1.54, 1.807) is 0 Å². The number of aromatic nitrogens is 2. The Bertz CT molecular complexity index is 678. The van der Waals surface area contributed by atoms with E-state index in [0.29, 0.717) is 12.1 Å². The predicted molar refractivity (Wildman–Crippen MR) is 61.5 cm³/mol. The number of hydrogen-bond donors (Lipinski definition) is 2. The topological polar surface area (TPSA) is 86.9 Å². The first-order chi connectivity index (χ1) is 9.20. The normalized spacial score (nSPS) is 11.6. The monoisotopic (exact) mass is 288 g/mol. The highest BCUT2D eigenvalue weighted by atomic mass is 19.4. The summed E-state index contributed by atoms with van der Waals surface area (Å²) in [5.74, 6) is -2.08. The highest BCUT2D eigenvalue weighted by molar-refractivity contribution is 5.95. The molecule has 0 radical (unpaired) electrons. The molecule has 0 aliphatic carbocycles. The second kappa shape index (κ2) is 4.51. The van der Waals surface area contributed by atoms with Gasteiger partial charge in [0, 0.05) is 0 Å². The van der Waals surface area contributed by atoms with Gasteiger partial charge >= 0.3 is 6.18 Å². The van der Waals surface area contributed by atoms with E-state index < -0.39 is 23.5 Å². The highest BCUT2D eigenvalue weighted by Crippen LogP contribution is 2.31. The van der Waals surface area contributed by atoms with Crippen molar-refractivity contribution in [2.45, 2.75) is 6.18 Å². The molecule has 106 valence electrons. The Morgan fingerprint density at radius 2 is 1.95 bits per heavy atom. The van der Waals surface area contributed by atoms with Crippen molar-refractivity contribution >= 4 is 11.6 Å². The van der Waals surface area contributed by atoms with E-state index in [9.17, 15) is 22.4 Å². The molecule has 1 amide bonds. The zero-order valence-corrected chi connectivity index (χ0v) is 9.78. The molecule has 1 aromatic carbocycles. The number of nitrogens with zero attached hydrogens (tertiary/aromatic N) is 2. The first kappa shape index (κ1) is 13.8. The van der Waals surface area contributed by atoms with Gasteiger partial charge in [-0.15, -0.1) is 0 Å². The lowest BCUT2D eigenvalue weighted by molar-refractivity contribution is -0.137. The van der Waals surface area contributed by atoms with Crippen molar-refractivity contribution in [2.75, 3.05) is 5.73 Å². The number of amides is 1.